The number of aromatic carboxylic acids is 1. The number of furan rings is 1. The number of anilines is 1. The van der Waals surface area contributed by atoms with Gasteiger partial charge in [-0.2, -0.15) is 0 Å². The van der Waals surface area contributed by atoms with Crippen molar-refractivity contribution >= 4 is 28.9 Å². The SMILES string of the molecule is NC1=N[C@@H](c2ccc(-c3ccc(C(=O)O)cc3)o2)n2c(nc3ccccc32)N1. The molecule has 1 atom stereocenters. The molecule has 0 saturated heterocycles. The highest BCUT2D eigenvalue weighted by atomic mass is 16.4. The van der Waals surface area contributed by atoms with Crippen molar-refractivity contribution in [1.82, 2.24) is 9.55 Å². The molecule has 1 aliphatic rings. The van der Waals surface area contributed by atoms with Gasteiger partial charge in [0.15, 0.2) is 12.1 Å². The standard InChI is InChI=1S/C20H15N5O3/c21-19-23-17(25-14-4-2-1-3-13(14)22-20(25)24-19)16-10-9-15(28-16)11-5-7-12(8-6-11)18(26)27/h1-10,17H,(H,26,27)(H3,21,22,23,24)/t17-/m1/s1. The number of benzene rings is 2. The lowest BCUT2D eigenvalue weighted by molar-refractivity contribution is 0.0697. The van der Waals surface area contributed by atoms with Gasteiger partial charge in [-0.25, -0.2) is 14.8 Å². The van der Waals surface area contributed by atoms with Gasteiger partial charge in [0.05, 0.1) is 16.6 Å². The van der Waals surface area contributed by atoms with E-state index in [1.54, 1.807) is 24.3 Å². The van der Waals surface area contributed by atoms with Crippen molar-refractivity contribution in [3.8, 4) is 11.3 Å². The molecule has 138 valence electrons. The summed E-state index contributed by atoms with van der Waals surface area (Å²) in [5, 5.41) is 12.0. The molecule has 4 N–H and O–H groups in total. The molecule has 0 aliphatic carbocycles. The summed E-state index contributed by atoms with van der Waals surface area (Å²) in [7, 11) is 0. The van der Waals surface area contributed by atoms with Gasteiger partial charge in [-0.1, -0.05) is 24.3 Å². The number of aromatic nitrogens is 2. The molecule has 4 aromatic rings. The summed E-state index contributed by atoms with van der Waals surface area (Å²) in [6, 6.07) is 17.9. The number of hydrogen-bond acceptors (Lipinski definition) is 6. The maximum Gasteiger partial charge on any atom is 0.335 e. The van der Waals surface area contributed by atoms with Crippen LogP contribution in [0.1, 0.15) is 22.3 Å². The zero-order chi connectivity index (χ0) is 19.3. The Balaban J connectivity index is 1.57. The van der Waals surface area contributed by atoms with E-state index in [2.05, 4.69) is 15.3 Å². The van der Waals surface area contributed by atoms with Gasteiger partial charge >= 0.3 is 5.97 Å². The van der Waals surface area contributed by atoms with E-state index in [9.17, 15) is 4.79 Å². The molecule has 0 unspecified atom stereocenters. The summed E-state index contributed by atoms with van der Waals surface area (Å²) in [6.07, 6.45) is -0.490. The maximum atomic E-state index is 11.0. The first-order valence-electron chi connectivity index (χ1n) is 8.61. The predicted molar refractivity (Wildman–Crippen MR) is 104 cm³/mol. The van der Waals surface area contributed by atoms with E-state index >= 15 is 0 Å². The monoisotopic (exact) mass is 373 g/mol. The van der Waals surface area contributed by atoms with E-state index in [0.29, 0.717) is 17.5 Å². The minimum absolute atomic E-state index is 0.223. The van der Waals surface area contributed by atoms with E-state index in [4.69, 9.17) is 15.3 Å². The highest BCUT2D eigenvalue weighted by Crippen LogP contribution is 2.34. The summed E-state index contributed by atoms with van der Waals surface area (Å²) < 4.78 is 7.98. The summed E-state index contributed by atoms with van der Waals surface area (Å²) in [6.45, 7) is 0. The Morgan fingerprint density at radius 2 is 1.89 bits per heavy atom. The van der Waals surface area contributed by atoms with Gasteiger partial charge < -0.3 is 15.3 Å². The molecule has 3 heterocycles. The number of carboxylic acids is 1. The summed E-state index contributed by atoms with van der Waals surface area (Å²) in [5.74, 6) is 1.11. The van der Waals surface area contributed by atoms with E-state index in [1.165, 1.54) is 0 Å². The zero-order valence-electron chi connectivity index (χ0n) is 14.5. The van der Waals surface area contributed by atoms with Gasteiger partial charge in [-0.05, 0) is 36.4 Å². The number of para-hydroxylation sites is 2. The number of carbonyl (C=O) groups is 1. The number of guanidine groups is 1. The fourth-order valence-electron chi connectivity index (χ4n) is 3.33. The van der Waals surface area contributed by atoms with Gasteiger partial charge in [0.1, 0.15) is 11.5 Å². The number of imidazole rings is 1. The van der Waals surface area contributed by atoms with E-state index < -0.39 is 12.1 Å². The first-order valence-corrected chi connectivity index (χ1v) is 8.61. The van der Waals surface area contributed by atoms with Gasteiger partial charge in [0.25, 0.3) is 0 Å². The molecule has 0 bridgehead atoms. The molecule has 0 radical (unpaired) electrons. The number of rotatable bonds is 3. The van der Waals surface area contributed by atoms with Crippen LogP contribution in [0.4, 0.5) is 5.95 Å². The molecule has 8 nitrogen and oxygen atoms in total. The van der Waals surface area contributed by atoms with Crippen LogP contribution in [0.25, 0.3) is 22.4 Å². The van der Waals surface area contributed by atoms with Crippen LogP contribution in [-0.2, 0) is 0 Å². The molecule has 0 amide bonds. The topological polar surface area (TPSA) is 119 Å². The number of hydrogen-bond donors (Lipinski definition) is 3. The predicted octanol–water partition coefficient (Wildman–Crippen LogP) is 3.28. The quantitative estimate of drug-likeness (QED) is 0.507. The number of fused-ring (bicyclic) bond motifs is 3. The molecule has 2 aromatic carbocycles. The Bertz CT molecular complexity index is 1240. The van der Waals surface area contributed by atoms with Crippen molar-refractivity contribution in [3.05, 3.63) is 72.0 Å². The lowest BCUT2D eigenvalue weighted by Gasteiger charge is -2.21. The summed E-state index contributed by atoms with van der Waals surface area (Å²) in [4.78, 5) is 20.1. The Hall–Kier alpha value is -4.07. The van der Waals surface area contributed by atoms with E-state index in [-0.39, 0.29) is 11.5 Å². The molecule has 8 heteroatoms. The third kappa shape index (κ3) is 2.50. The third-order valence-electron chi connectivity index (χ3n) is 4.64. The Morgan fingerprint density at radius 3 is 2.68 bits per heavy atom. The fourth-order valence-corrected chi connectivity index (χ4v) is 3.33. The minimum Gasteiger partial charge on any atom is -0.478 e. The molecular weight excluding hydrogens is 358 g/mol. The second kappa shape index (κ2) is 5.98. The summed E-state index contributed by atoms with van der Waals surface area (Å²) >= 11 is 0. The average molecular weight is 373 g/mol. The zero-order valence-corrected chi connectivity index (χ0v) is 14.5. The second-order valence-corrected chi connectivity index (χ2v) is 6.39. The van der Waals surface area contributed by atoms with E-state index in [1.807, 2.05) is 41.0 Å². The molecule has 5 rings (SSSR count). The van der Waals surface area contributed by atoms with Crippen LogP contribution in [0, 0.1) is 0 Å². The van der Waals surface area contributed by atoms with Gasteiger partial charge in [0.2, 0.25) is 5.95 Å². The number of nitrogens with one attached hydrogen (secondary N) is 1. The molecule has 28 heavy (non-hydrogen) atoms. The largest absolute Gasteiger partial charge is 0.478 e. The van der Waals surface area contributed by atoms with Crippen molar-refractivity contribution in [2.45, 2.75) is 6.17 Å². The first-order chi connectivity index (χ1) is 13.6. The molecule has 0 fully saturated rings. The Morgan fingerprint density at radius 1 is 1.11 bits per heavy atom. The van der Waals surface area contributed by atoms with Crippen LogP contribution in [0.5, 0.6) is 0 Å². The van der Waals surface area contributed by atoms with Gasteiger partial charge in [0, 0.05) is 5.56 Å². The Kier molecular flexibility index (Phi) is 3.45. The number of carboxylic acid groups (broad SMARTS) is 1. The summed E-state index contributed by atoms with van der Waals surface area (Å²) in [5.41, 5.74) is 8.69. The van der Waals surface area contributed by atoms with Crippen LogP contribution in [0.3, 0.4) is 0 Å². The van der Waals surface area contributed by atoms with Crippen molar-refractivity contribution in [3.63, 3.8) is 0 Å². The first kappa shape index (κ1) is 16.1. The molecule has 0 spiro atoms. The molecule has 2 aromatic heterocycles. The number of nitrogens with two attached hydrogens (primary N) is 1. The van der Waals surface area contributed by atoms with Crippen molar-refractivity contribution < 1.29 is 14.3 Å². The molecular formula is C20H15N5O3. The van der Waals surface area contributed by atoms with Gasteiger partial charge in [-0.3, -0.25) is 9.88 Å². The fraction of sp³-hybridized carbons (Fsp3) is 0.0500. The van der Waals surface area contributed by atoms with Crippen LogP contribution in [-0.4, -0.2) is 26.6 Å². The van der Waals surface area contributed by atoms with Crippen LogP contribution in [0.15, 0.2) is 70.1 Å². The third-order valence-corrected chi connectivity index (χ3v) is 4.64. The highest BCUT2D eigenvalue weighted by Gasteiger charge is 2.27. The van der Waals surface area contributed by atoms with Crippen LogP contribution in [0.2, 0.25) is 0 Å². The average Bonchev–Trinajstić information content (AvgIpc) is 3.32. The van der Waals surface area contributed by atoms with E-state index in [0.717, 1.165) is 16.6 Å². The molecule has 1 aliphatic heterocycles. The van der Waals surface area contributed by atoms with Gasteiger partial charge in [-0.15, -0.1) is 0 Å². The van der Waals surface area contributed by atoms with Crippen molar-refractivity contribution in [1.29, 1.82) is 0 Å². The smallest absolute Gasteiger partial charge is 0.335 e. The lowest BCUT2D eigenvalue weighted by atomic mass is 10.1. The Labute approximate surface area is 158 Å². The highest BCUT2D eigenvalue weighted by molar-refractivity contribution is 5.94. The number of nitrogens with zero attached hydrogens (tertiary/aromatic N) is 3. The minimum atomic E-state index is -0.967. The molecule has 0 saturated carbocycles. The van der Waals surface area contributed by atoms with Crippen molar-refractivity contribution in [2.75, 3.05) is 5.32 Å². The number of aliphatic imine (C=N–C) groups is 1. The van der Waals surface area contributed by atoms with Crippen molar-refractivity contribution in [2.24, 2.45) is 10.7 Å². The second-order valence-electron chi connectivity index (χ2n) is 6.39. The van der Waals surface area contributed by atoms with Crippen LogP contribution < -0.4 is 11.1 Å². The normalized spacial score (nSPS) is 15.7. The van der Waals surface area contributed by atoms with Crippen LogP contribution >= 0.6 is 0 Å². The lowest BCUT2D eigenvalue weighted by Crippen LogP contribution is -2.31. The maximum absolute atomic E-state index is 11.0.